The molecule has 0 saturated carbocycles. The summed E-state index contributed by atoms with van der Waals surface area (Å²) < 4.78 is 17.8. The summed E-state index contributed by atoms with van der Waals surface area (Å²) in [5.41, 5.74) is 6.24. The van der Waals surface area contributed by atoms with Gasteiger partial charge in [-0.2, -0.15) is 0 Å². The molecule has 0 aliphatic carbocycles. The van der Waals surface area contributed by atoms with E-state index >= 15 is 0 Å². The quantitative estimate of drug-likeness (QED) is 0.0265. The first-order valence-corrected chi connectivity index (χ1v) is 34.6. The van der Waals surface area contributed by atoms with Gasteiger partial charge in [0, 0.05) is 89.3 Å². The fraction of sp³-hybridized carbons (Fsp3) is 0.527. The summed E-state index contributed by atoms with van der Waals surface area (Å²) in [5, 5.41) is 24.8. The highest BCUT2D eigenvalue weighted by Crippen LogP contribution is 2.36. The molecule has 1 fully saturated rings. The number of methoxy groups -OCH3 is 2. The van der Waals surface area contributed by atoms with E-state index in [0.717, 1.165) is 40.2 Å². The lowest BCUT2D eigenvalue weighted by Crippen LogP contribution is -2.60. The standard InChI is InChI=1S/C74H101N11O17/c1-15-44(8)65(56(100-13)39-61(91)83-36-20-24-53(83)67(101-14)45(9)68(93)77-46(10)66(92)48-21-17-16-18-22-48)81(11)72(97)63(42(4)5)80-71(96)64(43(6)7)82(12)74(99)102-40-47-25-28-51(29-26-47)78-69(94)49(23-19-35-76-73(75)98)38-55(86)62(41(2)3)79-70(95)50-27-30-52(84-57(87)31-32-58(84)88)54(37-50)85-59(89)33-34-60(85)90/h16-18,21-22,25-34,37,41-46,49,53,56,62-67,92H,15,19-20,23-24,35-36,38-40H2,1-14H3,(H,77,93)(H,78,94)(H,79,95)(H,80,96)(H3,75,76,98)/t44-,45+,46+,49+,53-,56+,62-,63-,64-,65-,66+,67+/m0/s1. The second-order valence-corrected chi connectivity index (χ2v) is 27.4. The number of likely N-dealkylation sites (tertiary alicyclic amines) is 1. The topological polar surface area (TPSA) is 372 Å². The molecule has 554 valence electrons. The molecule has 3 aliphatic rings. The molecule has 8 N–H and O–H groups in total. The number of hydrogen-bond donors (Lipinski definition) is 7. The summed E-state index contributed by atoms with van der Waals surface area (Å²) in [7, 11) is 6.03. The van der Waals surface area contributed by atoms with E-state index in [2.05, 4.69) is 26.6 Å². The molecule has 3 aliphatic heterocycles. The summed E-state index contributed by atoms with van der Waals surface area (Å²) >= 11 is 0. The Bertz CT molecular complexity index is 3560. The number of carbonyl (C=O) groups is 13. The minimum absolute atomic E-state index is 0.0780. The van der Waals surface area contributed by atoms with Crippen molar-refractivity contribution in [2.24, 2.45) is 41.2 Å². The van der Waals surface area contributed by atoms with Crippen LogP contribution in [0.5, 0.6) is 0 Å². The Labute approximate surface area is 596 Å². The van der Waals surface area contributed by atoms with E-state index in [1.54, 1.807) is 104 Å². The number of aliphatic hydroxyl groups is 1. The van der Waals surface area contributed by atoms with E-state index in [0.29, 0.717) is 47.5 Å². The van der Waals surface area contributed by atoms with Crippen LogP contribution in [-0.4, -0.2) is 187 Å². The lowest BCUT2D eigenvalue weighted by Gasteiger charge is -2.41. The lowest BCUT2D eigenvalue weighted by atomic mass is 9.89. The van der Waals surface area contributed by atoms with Gasteiger partial charge >= 0.3 is 12.1 Å². The third-order valence-electron chi connectivity index (χ3n) is 19.1. The molecule has 1 saturated heterocycles. The number of hydrogen-bond acceptors (Lipinski definition) is 17. The number of amides is 13. The van der Waals surface area contributed by atoms with Crippen molar-refractivity contribution in [3.63, 3.8) is 0 Å². The molecule has 6 rings (SSSR count). The highest BCUT2D eigenvalue weighted by Gasteiger charge is 2.45. The van der Waals surface area contributed by atoms with Crippen LogP contribution in [-0.2, 0) is 68.8 Å². The van der Waals surface area contributed by atoms with Crippen LogP contribution in [0.25, 0.3) is 0 Å². The van der Waals surface area contributed by atoms with Crippen LogP contribution >= 0.6 is 0 Å². The molecular formula is C74H101N11O17. The van der Waals surface area contributed by atoms with Crippen molar-refractivity contribution in [2.75, 3.05) is 56.5 Å². The molecule has 3 heterocycles. The van der Waals surface area contributed by atoms with Crippen LogP contribution in [0.1, 0.15) is 142 Å². The van der Waals surface area contributed by atoms with E-state index in [1.807, 2.05) is 32.0 Å². The second-order valence-electron chi connectivity index (χ2n) is 27.4. The smallest absolute Gasteiger partial charge is 0.410 e. The number of rotatable bonds is 36. The zero-order valence-electron chi connectivity index (χ0n) is 60.8. The van der Waals surface area contributed by atoms with Crippen molar-refractivity contribution in [2.45, 2.75) is 175 Å². The minimum Gasteiger partial charge on any atom is -0.445 e. The van der Waals surface area contributed by atoms with Gasteiger partial charge in [0.15, 0.2) is 5.78 Å². The fourth-order valence-corrected chi connectivity index (χ4v) is 13.3. The average molecular weight is 1420 g/mol. The molecule has 13 amide bonds. The zero-order valence-corrected chi connectivity index (χ0v) is 60.8. The number of aliphatic hydroxyl groups excluding tert-OH is 1. The van der Waals surface area contributed by atoms with Gasteiger partial charge in [0.1, 0.15) is 18.7 Å². The maximum Gasteiger partial charge on any atom is 0.410 e. The van der Waals surface area contributed by atoms with Gasteiger partial charge in [0.25, 0.3) is 29.5 Å². The molecule has 0 unspecified atom stereocenters. The molecule has 102 heavy (non-hydrogen) atoms. The largest absolute Gasteiger partial charge is 0.445 e. The molecule has 28 heteroatoms. The molecule has 3 aromatic carbocycles. The Morgan fingerprint density at radius 3 is 1.82 bits per heavy atom. The van der Waals surface area contributed by atoms with Gasteiger partial charge in [-0.15, -0.1) is 0 Å². The molecule has 12 atom stereocenters. The first-order chi connectivity index (χ1) is 48.3. The van der Waals surface area contributed by atoms with Gasteiger partial charge in [-0.25, -0.2) is 19.4 Å². The number of ketones is 1. The summed E-state index contributed by atoms with van der Waals surface area (Å²) in [4.78, 5) is 182. The van der Waals surface area contributed by atoms with Crippen molar-refractivity contribution >= 4 is 94.0 Å². The Kier molecular flexibility index (Phi) is 29.7. The molecule has 28 nitrogen and oxygen atoms in total. The van der Waals surface area contributed by atoms with E-state index in [1.165, 1.54) is 38.3 Å². The molecule has 0 bridgehead atoms. The van der Waals surface area contributed by atoms with Crippen molar-refractivity contribution in [3.05, 3.63) is 114 Å². The monoisotopic (exact) mass is 1420 g/mol. The third kappa shape index (κ3) is 20.5. The Hall–Kier alpha value is -9.67. The number of nitrogens with zero attached hydrogens (tertiary/aromatic N) is 5. The van der Waals surface area contributed by atoms with Gasteiger partial charge < -0.3 is 61.4 Å². The predicted molar refractivity (Wildman–Crippen MR) is 379 cm³/mol. The predicted octanol–water partition coefficient (Wildman–Crippen LogP) is 5.85. The van der Waals surface area contributed by atoms with Gasteiger partial charge in [-0.05, 0) is 97.7 Å². The molecular weight excluding hydrogens is 1310 g/mol. The van der Waals surface area contributed by atoms with E-state index < -0.39 is 149 Å². The van der Waals surface area contributed by atoms with Gasteiger partial charge in [0.05, 0.1) is 66.2 Å². The van der Waals surface area contributed by atoms with Gasteiger partial charge in [0.2, 0.25) is 29.5 Å². The number of likely N-dealkylation sites (N-methyl/N-ethyl adjacent to an activating group) is 2. The van der Waals surface area contributed by atoms with Crippen LogP contribution in [0.4, 0.5) is 26.7 Å². The van der Waals surface area contributed by atoms with Gasteiger partial charge in [-0.1, -0.05) is 111 Å². The maximum atomic E-state index is 14.9. The fourth-order valence-electron chi connectivity index (χ4n) is 13.3. The van der Waals surface area contributed by atoms with E-state index in [9.17, 15) is 67.4 Å². The van der Waals surface area contributed by atoms with Crippen molar-refractivity contribution < 1.29 is 81.6 Å². The van der Waals surface area contributed by atoms with Crippen LogP contribution in [0, 0.1) is 35.5 Å². The van der Waals surface area contributed by atoms with Crippen LogP contribution in [0.2, 0.25) is 0 Å². The number of nitrogens with two attached hydrogens (primary N) is 1. The van der Waals surface area contributed by atoms with Crippen LogP contribution in [0.15, 0.2) is 97.1 Å². The first kappa shape index (κ1) is 81.3. The first-order valence-electron chi connectivity index (χ1n) is 34.6. The molecule has 0 radical (unpaired) electrons. The molecule has 0 aromatic heterocycles. The normalized spacial score (nSPS) is 17.7. The highest BCUT2D eigenvalue weighted by atomic mass is 16.6. The lowest BCUT2D eigenvalue weighted by molar-refractivity contribution is -0.148. The Balaban J connectivity index is 1.07. The van der Waals surface area contributed by atoms with E-state index in [-0.39, 0.29) is 73.5 Å². The van der Waals surface area contributed by atoms with Crippen LogP contribution < -0.4 is 42.1 Å². The summed E-state index contributed by atoms with van der Waals surface area (Å²) in [5.74, 6) is -9.96. The number of ether oxygens (including phenoxy) is 3. The Morgan fingerprint density at radius 2 is 1.27 bits per heavy atom. The van der Waals surface area contributed by atoms with Crippen molar-refractivity contribution in [3.8, 4) is 0 Å². The SMILES string of the molecule is CC[C@H](C)[C@@H]([C@@H](CC(=O)N1CCC[C@H]1[C@H](OC)[C@@H](C)C(=O)N[C@H](C)[C@@H](O)c1ccccc1)OC)N(C)C(=O)[C@@H](NC(=O)[C@H](C(C)C)N(C)C(=O)OCc1ccc(NC(=O)[C@H](CCCNC(N)=O)CC(=O)[C@@H](NC(=O)c2ccc(N3C(=O)C=CC3=O)c(N3C(=O)C=CC3=O)c2)C(C)C)cc1)C(C)C. The number of anilines is 3. The summed E-state index contributed by atoms with van der Waals surface area (Å²) in [6.45, 7) is 18.0. The number of imide groups is 2. The summed E-state index contributed by atoms with van der Waals surface area (Å²) in [6.07, 6.45) is 2.42. The van der Waals surface area contributed by atoms with E-state index in [4.69, 9.17) is 19.9 Å². The third-order valence-corrected chi connectivity index (χ3v) is 19.1. The molecule has 3 aromatic rings. The number of benzene rings is 3. The number of Topliss-reactive ketones (excluding diaryl/α,β-unsaturated/α-hetero) is 1. The maximum absolute atomic E-state index is 14.9. The van der Waals surface area contributed by atoms with Crippen LogP contribution in [0.3, 0.4) is 0 Å². The number of carbonyl (C=O) groups excluding carboxylic acids is 13. The molecule has 0 spiro atoms. The minimum atomic E-state index is -1.18. The Morgan fingerprint density at radius 1 is 0.676 bits per heavy atom. The number of urea groups is 1. The number of primary amides is 1. The highest BCUT2D eigenvalue weighted by molar-refractivity contribution is 6.33. The van der Waals surface area contributed by atoms with Crippen molar-refractivity contribution in [1.29, 1.82) is 0 Å². The second kappa shape index (κ2) is 37.3. The van der Waals surface area contributed by atoms with Crippen molar-refractivity contribution in [1.82, 2.24) is 36.0 Å². The van der Waals surface area contributed by atoms with Gasteiger partial charge in [-0.3, -0.25) is 57.6 Å². The average Bonchev–Trinajstić information content (AvgIpc) is 1.54. The zero-order chi connectivity index (χ0) is 75.6. The number of nitrogens with one attached hydrogen (secondary N) is 5. The summed E-state index contributed by atoms with van der Waals surface area (Å²) in [6, 6.07) is 13.1.